The third-order valence-corrected chi connectivity index (χ3v) is 4.01. The second-order valence-electron chi connectivity index (χ2n) is 5.38. The van der Waals surface area contributed by atoms with Crippen molar-refractivity contribution in [2.45, 2.75) is 25.8 Å². The monoisotopic (exact) mass is 272 g/mol. The Morgan fingerprint density at radius 3 is 3.10 bits per heavy atom. The summed E-state index contributed by atoms with van der Waals surface area (Å²) in [7, 11) is 0. The number of hydrogen-bond donors (Lipinski definition) is 3. The first-order chi connectivity index (χ1) is 9.83. The molecule has 1 aromatic heterocycles. The van der Waals surface area contributed by atoms with Crippen molar-refractivity contribution >= 4 is 5.91 Å². The first kappa shape index (κ1) is 13.1. The molecule has 106 valence electrons. The lowest BCUT2D eigenvalue weighted by atomic mass is 9.85. The summed E-state index contributed by atoms with van der Waals surface area (Å²) in [4.78, 5) is 16.2. The van der Waals surface area contributed by atoms with Crippen molar-refractivity contribution in [2.24, 2.45) is 5.92 Å². The van der Waals surface area contributed by atoms with E-state index < -0.39 is 0 Å². The Labute approximate surface area is 118 Å². The fourth-order valence-electron chi connectivity index (χ4n) is 2.85. The van der Waals surface area contributed by atoms with Gasteiger partial charge in [0, 0.05) is 37.1 Å². The number of carbonyl (C=O) groups is 1. The highest BCUT2D eigenvalue weighted by molar-refractivity contribution is 5.79. The molecule has 0 spiro atoms. The van der Waals surface area contributed by atoms with Gasteiger partial charge in [0.15, 0.2) is 0 Å². The molecule has 0 aromatic carbocycles. The second-order valence-corrected chi connectivity index (χ2v) is 5.38. The van der Waals surface area contributed by atoms with Gasteiger partial charge in [0.1, 0.15) is 0 Å². The molecule has 0 fully saturated rings. The van der Waals surface area contributed by atoms with E-state index in [0.717, 1.165) is 38.0 Å². The Morgan fingerprint density at radius 2 is 2.25 bits per heavy atom. The number of pyridine rings is 1. The van der Waals surface area contributed by atoms with Crippen LogP contribution in [0.3, 0.4) is 0 Å². The summed E-state index contributed by atoms with van der Waals surface area (Å²) in [6.45, 7) is 2.34. The highest BCUT2D eigenvalue weighted by Gasteiger charge is 2.27. The molecule has 20 heavy (non-hydrogen) atoms. The second kappa shape index (κ2) is 6.05. The van der Waals surface area contributed by atoms with Crippen LogP contribution in [0.4, 0.5) is 0 Å². The van der Waals surface area contributed by atoms with Crippen LogP contribution in [-0.2, 0) is 11.3 Å². The maximum Gasteiger partial charge on any atom is 0.223 e. The summed E-state index contributed by atoms with van der Waals surface area (Å²) in [5, 5.41) is 9.70. The Morgan fingerprint density at radius 1 is 1.40 bits per heavy atom. The number of nitrogens with one attached hydrogen (secondary N) is 3. The molecular weight excluding hydrogens is 252 g/mol. The van der Waals surface area contributed by atoms with Crippen molar-refractivity contribution in [3.05, 3.63) is 41.4 Å². The maximum absolute atomic E-state index is 12.3. The van der Waals surface area contributed by atoms with Crippen molar-refractivity contribution < 1.29 is 4.79 Å². The molecule has 1 unspecified atom stereocenters. The van der Waals surface area contributed by atoms with Gasteiger partial charge < -0.3 is 10.6 Å². The van der Waals surface area contributed by atoms with Gasteiger partial charge in [-0.15, -0.1) is 0 Å². The zero-order valence-electron chi connectivity index (χ0n) is 11.5. The summed E-state index contributed by atoms with van der Waals surface area (Å²) < 4.78 is 0. The van der Waals surface area contributed by atoms with Crippen LogP contribution >= 0.6 is 0 Å². The van der Waals surface area contributed by atoms with E-state index in [1.165, 1.54) is 11.3 Å². The zero-order valence-corrected chi connectivity index (χ0v) is 11.5. The van der Waals surface area contributed by atoms with Crippen molar-refractivity contribution in [2.75, 3.05) is 13.2 Å². The van der Waals surface area contributed by atoms with Crippen LogP contribution < -0.4 is 16.0 Å². The van der Waals surface area contributed by atoms with Gasteiger partial charge in [-0.2, -0.15) is 0 Å². The Balaban J connectivity index is 1.55. The Bertz CT molecular complexity index is 512. The maximum atomic E-state index is 12.3. The van der Waals surface area contributed by atoms with Crippen molar-refractivity contribution in [1.82, 2.24) is 20.9 Å². The van der Waals surface area contributed by atoms with Crippen LogP contribution in [0.2, 0.25) is 0 Å². The van der Waals surface area contributed by atoms with E-state index in [1.54, 1.807) is 12.4 Å². The highest BCUT2D eigenvalue weighted by Crippen LogP contribution is 2.29. The summed E-state index contributed by atoms with van der Waals surface area (Å²) in [6, 6.07) is 3.85. The lowest BCUT2D eigenvalue weighted by Crippen LogP contribution is -2.41. The molecule has 1 aromatic rings. The van der Waals surface area contributed by atoms with E-state index in [1.807, 2.05) is 12.1 Å². The first-order valence-corrected chi connectivity index (χ1v) is 7.15. The van der Waals surface area contributed by atoms with E-state index >= 15 is 0 Å². The van der Waals surface area contributed by atoms with Crippen molar-refractivity contribution in [3.63, 3.8) is 0 Å². The van der Waals surface area contributed by atoms with Gasteiger partial charge >= 0.3 is 0 Å². The lowest BCUT2D eigenvalue weighted by molar-refractivity contribution is -0.125. The number of rotatable bonds is 3. The topological polar surface area (TPSA) is 66.0 Å². The number of hydrogen-bond acceptors (Lipinski definition) is 4. The molecule has 5 nitrogen and oxygen atoms in total. The lowest BCUT2D eigenvalue weighted by Gasteiger charge is -2.31. The molecule has 1 atom stereocenters. The molecule has 0 saturated carbocycles. The van der Waals surface area contributed by atoms with Crippen LogP contribution in [0.25, 0.3) is 0 Å². The average molecular weight is 272 g/mol. The SMILES string of the molecule is O=C(NCc1ccncc1)C1CCC2=C(CNCN2)C1. The van der Waals surface area contributed by atoms with Gasteiger partial charge in [-0.1, -0.05) is 0 Å². The molecular formula is C15H20N4O. The molecule has 0 bridgehead atoms. The van der Waals surface area contributed by atoms with Gasteiger partial charge in [-0.25, -0.2) is 0 Å². The Hall–Kier alpha value is -1.88. The minimum atomic E-state index is 0.109. The normalized spacial score (nSPS) is 21.9. The quantitative estimate of drug-likeness (QED) is 0.765. The number of carbonyl (C=O) groups excluding carboxylic acids is 1. The van der Waals surface area contributed by atoms with E-state index in [-0.39, 0.29) is 11.8 Å². The van der Waals surface area contributed by atoms with Crippen LogP contribution in [0.15, 0.2) is 35.8 Å². The van der Waals surface area contributed by atoms with E-state index in [2.05, 4.69) is 20.9 Å². The predicted octanol–water partition coefficient (Wildman–Crippen LogP) is 0.902. The third-order valence-electron chi connectivity index (χ3n) is 4.01. The van der Waals surface area contributed by atoms with Crippen molar-refractivity contribution in [1.29, 1.82) is 0 Å². The fourth-order valence-corrected chi connectivity index (χ4v) is 2.85. The highest BCUT2D eigenvalue weighted by atomic mass is 16.1. The van der Waals surface area contributed by atoms with Gasteiger partial charge in [0.05, 0.1) is 6.67 Å². The van der Waals surface area contributed by atoms with Gasteiger partial charge in [-0.3, -0.25) is 15.1 Å². The molecule has 1 amide bonds. The van der Waals surface area contributed by atoms with Crippen LogP contribution in [-0.4, -0.2) is 24.1 Å². The van der Waals surface area contributed by atoms with Crippen LogP contribution in [0.5, 0.6) is 0 Å². The minimum Gasteiger partial charge on any atom is -0.376 e. The van der Waals surface area contributed by atoms with Gasteiger partial charge in [0.2, 0.25) is 5.91 Å². The molecule has 3 N–H and O–H groups in total. The smallest absolute Gasteiger partial charge is 0.223 e. The molecule has 0 radical (unpaired) electrons. The number of nitrogens with zero attached hydrogens (tertiary/aromatic N) is 1. The van der Waals surface area contributed by atoms with E-state index in [4.69, 9.17) is 0 Å². The summed E-state index contributed by atoms with van der Waals surface area (Å²) in [5.41, 5.74) is 3.80. The number of amides is 1. The number of allylic oxidation sites excluding steroid dienone is 1. The zero-order chi connectivity index (χ0) is 13.8. The average Bonchev–Trinajstić information content (AvgIpc) is 2.53. The van der Waals surface area contributed by atoms with Crippen molar-refractivity contribution in [3.8, 4) is 0 Å². The molecule has 1 aliphatic carbocycles. The molecule has 1 aliphatic heterocycles. The minimum absolute atomic E-state index is 0.109. The van der Waals surface area contributed by atoms with Gasteiger partial charge in [0.25, 0.3) is 0 Å². The molecule has 0 saturated heterocycles. The summed E-state index contributed by atoms with van der Waals surface area (Å²) >= 11 is 0. The molecule has 5 heteroatoms. The third kappa shape index (κ3) is 2.99. The standard InChI is InChI=1S/C15H20N4O/c20-15(18-8-11-3-5-16-6-4-11)12-1-2-14-13(7-12)9-17-10-19-14/h3-6,12,17,19H,1-2,7-10H2,(H,18,20). The molecule has 3 rings (SSSR count). The first-order valence-electron chi connectivity index (χ1n) is 7.15. The molecule has 2 aliphatic rings. The summed E-state index contributed by atoms with van der Waals surface area (Å²) in [6.07, 6.45) is 6.30. The summed E-state index contributed by atoms with van der Waals surface area (Å²) in [5.74, 6) is 0.274. The molecule has 2 heterocycles. The van der Waals surface area contributed by atoms with Gasteiger partial charge in [-0.05, 0) is 42.5 Å². The Kier molecular flexibility index (Phi) is 3.97. The fraction of sp³-hybridized carbons (Fsp3) is 0.467. The predicted molar refractivity (Wildman–Crippen MR) is 76.5 cm³/mol. The van der Waals surface area contributed by atoms with E-state index in [0.29, 0.717) is 6.54 Å². The van der Waals surface area contributed by atoms with Crippen LogP contribution in [0, 0.1) is 5.92 Å². The van der Waals surface area contributed by atoms with Crippen LogP contribution in [0.1, 0.15) is 24.8 Å². The number of aromatic nitrogens is 1. The largest absolute Gasteiger partial charge is 0.376 e. The van der Waals surface area contributed by atoms with E-state index in [9.17, 15) is 4.79 Å².